The maximum absolute atomic E-state index is 5.59. The van der Waals surface area contributed by atoms with Gasteiger partial charge in [-0.25, -0.2) is 9.97 Å². The summed E-state index contributed by atoms with van der Waals surface area (Å²) in [5.74, 6) is 0.957. The Balaban J connectivity index is 1.89. The Labute approximate surface area is 101 Å². The molecule has 0 aromatic carbocycles. The summed E-state index contributed by atoms with van der Waals surface area (Å²) in [6.07, 6.45) is 5.41. The number of nitrogens with two attached hydrogens (primary N) is 1. The first-order chi connectivity index (χ1) is 7.74. The van der Waals surface area contributed by atoms with Crippen LogP contribution in [0.2, 0.25) is 0 Å². The first kappa shape index (κ1) is 10.9. The van der Waals surface area contributed by atoms with Gasteiger partial charge in [-0.1, -0.05) is 0 Å². The van der Waals surface area contributed by atoms with E-state index in [1.54, 1.807) is 18.6 Å². The van der Waals surface area contributed by atoms with Gasteiger partial charge in [0.2, 0.25) is 5.95 Å². The lowest BCUT2D eigenvalue weighted by Gasteiger charge is -2.06. The zero-order valence-corrected chi connectivity index (χ0v) is 10.1. The predicted molar refractivity (Wildman–Crippen MR) is 64.9 cm³/mol. The van der Waals surface area contributed by atoms with Crippen LogP contribution in [-0.2, 0) is 6.54 Å². The predicted octanol–water partition coefficient (Wildman–Crippen LogP) is 1.13. The molecule has 16 heavy (non-hydrogen) atoms. The van der Waals surface area contributed by atoms with Gasteiger partial charge in [0.1, 0.15) is 10.4 Å². The van der Waals surface area contributed by atoms with E-state index in [2.05, 4.69) is 36.2 Å². The third kappa shape index (κ3) is 2.93. The zero-order chi connectivity index (χ0) is 11.4. The van der Waals surface area contributed by atoms with Crippen molar-refractivity contribution in [2.75, 3.05) is 17.6 Å². The SMILES string of the molecule is Nc1cc(Br)nc(NCCn2ccnc2)n1. The van der Waals surface area contributed by atoms with Crippen LogP contribution in [0.25, 0.3) is 0 Å². The Morgan fingerprint density at radius 1 is 1.44 bits per heavy atom. The van der Waals surface area contributed by atoms with Crippen molar-refractivity contribution >= 4 is 27.7 Å². The molecule has 6 nitrogen and oxygen atoms in total. The first-order valence-electron chi connectivity index (χ1n) is 4.74. The van der Waals surface area contributed by atoms with E-state index in [1.165, 1.54) is 0 Å². The Kier molecular flexibility index (Phi) is 3.35. The molecule has 0 spiro atoms. The van der Waals surface area contributed by atoms with E-state index >= 15 is 0 Å². The maximum atomic E-state index is 5.59. The standard InChI is InChI=1S/C9H11BrN6/c10-7-5-8(11)15-9(14-7)13-2-4-16-3-1-12-6-16/h1,3,5-6H,2,4H2,(H3,11,13,14,15). The van der Waals surface area contributed by atoms with Crippen molar-refractivity contribution in [3.8, 4) is 0 Å². The zero-order valence-electron chi connectivity index (χ0n) is 8.47. The molecule has 3 N–H and O–H groups in total. The molecule has 0 saturated heterocycles. The fourth-order valence-corrected chi connectivity index (χ4v) is 1.63. The summed E-state index contributed by atoms with van der Waals surface area (Å²) < 4.78 is 2.64. The lowest BCUT2D eigenvalue weighted by molar-refractivity contribution is 0.723. The van der Waals surface area contributed by atoms with Crippen LogP contribution in [0.1, 0.15) is 0 Å². The molecule has 2 heterocycles. The highest BCUT2D eigenvalue weighted by Gasteiger charge is 1.99. The third-order valence-corrected chi connectivity index (χ3v) is 2.33. The summed E-state index contributed by atoms with van der Waals surface area (Å²) in [7, 11) is 0. The van der Waals surface area contributed by atoms with Gasteiger partial charge < -0.3 is 15.6 Å². The van der Waals surface area contributed by atoms with Gasteiger partial charge in [-0.15, -0.1) is 0 Å². The van der Waals surface area contributed by atoms with Crippen LogP contribution in [0.5, 0.6) is 0 Å². The topological polar surface area (TPSA) is 81.6 Å². The minimum atomic E-state index is 0.437. The summed E-state index contributed by atoms with van der Waals surface area (Å²) in [6, 6.07) is 1.65. The van der Waals surface area contributed by atoms with E-state index in [1.807, 2.05) is 10.8 Å². The molecule has 0 aliphatic rings. The number of nitrogens with one attached hydrogen (secondary N) is 1. The minimum Gasteiger partial charge on any atom is -0.383 e. The fourth-order valence-electron chi connectivity index (χ4n) is 1.23. The second-order valence-corrected chi connectivity index (χ2v) is 3.98. The molecule has 2 aromatic heterocycles. The van der Waals surface area contributed by atoms with Gasteiger partial charge in [0.05, 0.1) is 6.33 Å². The van der Waals surface area contributed by atoms with Crippen molar-refractivity contribution in [3.05, 3.63) is 29.4 Å². The number of imidazole rings is 1. The number of hydrogen-bond acceptors (Lipinski definition) is 5. The Hall–Kier alpha value is -1.63. The van der Waals surface area contributed by atoms with Gasteiger partial charge in [0.25, 0.3) is 0 Å². The Bertz CT molecular complexity index is 435. The lowest BCUT2D eigenvalue weighted by Crippen LogP contribution is -2.12. The van der Waals surface area contributed by atoms with Crippen LogP contribution < -0.4 is 11.1 Å². The molecule has 7 heteroatoms. The number of rotatable bonds is 4. The van der Waals surface area contributed by atoms with E-state index in [-0.39, 0.29) is 0 Å². The molecule has 2 rings (SSSR count). The monoisotopic (exact) mass is 282 g/mol. The average molecular weight is 283 g/mol. The molecule has 0 unspecified atom stereocenters. The quantitative estimate of drug-likeness (QED) is 0.822. The van der Waals surface area contributed by atoms with E-state index in [4.69, 9.17) is 5.73 Å². The molecule has 0 aliphatic heterocycles. The van der Waals surface area contributed by atoms with Crippen LogP contribution in [0.3, 0.4) is 0 Å². The summed E-state index contributed by atoms with van der Waals surface area (Å²) >= 11 is 3.26. The molecule has 0 radical (unpaired) electrons. The smallest absolute Gasteiger partial charge is 0.225 e. The van der Waals surface area contributed by atoms with Gasteiger partial charge in [-0.2, -0.15) is 4.98 Å². The van der Waals surface area contributed by atoms with Crippen molar-refractivity contribution in [1.29, 1.82) is 0 Å². The molecule has 0 fully saturated rings. The van der Waals surface area contributed by atoms with Crippen molar-refractivity contribution in [1.82, 2.24) is 19.5 Å². The molecule has 0 atom stereocenters. The van der Waals surface area contributed by atoms with Crippen molar-refractivity contribution in [2.24, 2.45) is 0 Å². The van der Waals surface area contributed by atoms with Crippen LogP contribution in [0.15, 0.2) is 29.4 Å². The van der Waals surface area contributed by atoms with E-state index in [0.717, 1.165) is 6.54 Å². The van der Waals surface area contributed by atoms with Gasteiger partial charge >= 0.3 is 0 Å². The second-order valence-electron chi connectivity index (χ2n) is 3.17. The molecular weight excluding hydrogens is 272 g/mol. The largest absolute Gasteiger partial charge is 0.383 e. The van der Waals surface area contributed by atoms with Crippen LogP contribution in [0.4, 0.5) is 11.8 Å². The summed E-state index contributed by atoms with van der Waals surface area (Å²) in [5.41, 5.74) is 5.59. The first-order valence-corrected chi connectivity index (χ1v) is 5.53. The third-order valence-electron chi connectivity index (χ3n) is 1.93. The maximum Gasteiger partial charge on any atom is 0.225 e. The molecule has 0 saturated carbocycles. The van der Waals surface area contributed by atoms with E-state index < -0.39 is 0 Å². The molecule has 0 aliphatic carbocycles. The van der Waals surface area contributed by atoms with Gasteiger partial charge in [0, 0.05) is 31.5 Å². The summed E-state index contributed by atoms with van der Waals surface area (Å²) in [6.45, 7) is 1.52. The van der Waals surface area contributed by atoms with Crippen LogP contribution >= 0.6 is 15.9 Å². The van der Waals surface area contributed by atoms with Crippen molar-refractivity contribution in [2.45, 2.75) is 6.54 Å². The van der Waals surface area contributed by atoms with Crippen molar-refractivity contribution < 1.29 is 0 Å². The summed E-state index contributed by atoms with van der Waals surface area (Å²) in [4.78, 5) is 12.1. The molecular formula is C9H11BrN6. The number of nitrogen functional groups attached to an aromatic ring is 1. The highest BCUT2D eigenvalue weighted by Crippen LogP contribution is 2.11. The van der Waals surface area contributed by atoms with Gasteiger partial charge in [-0.05, 0) is 15.9 Å². The van der Waals surface area contributed by atoms with Crippen LogP contribution in [0, 0.1) is 0 Å². The highest BCUT2D eigenvalue weighted by molar-refractivity contribution is 9.10. The lowest BCUT2D eigenvalue weighted by atomic mass is 10.5. The molecule has 0 bridgehead atoms. The van der Waals surface area contributed by atoms with E-state index in [0.29, 0.717) is 22.9 Å². The van der Waals surface area contributed by atoms with E-state index in [9.17, 15) is 0 Å². The van der Waals surface area contributed by atoms with Gasteiger partial charge in [-0.3, -0.25) is 0 Å². The number of aromatic nitrogens is 4. The Morgan fingerprint density at radius 3 is 3.00 bits per heavy atom. The number of anilines is 2. The fraction of sp³-hybridized carbons (Fsp3) is 0.222. The van der Waals surface area contributed by atoms with Gasteiger partial charge in [0.15, 0.2) is 0 Å². The molecule has 84 valence electrons. The van der Waals surface area contributed by atoms with Crippen molar-refractivity contribution in [3.63, 3.8) is 0 Å². The number of halogens is 1. The number of nitrogens with zero attached hydrogens (tertiary/aromatic N) is 4. The molecule has 0 amide bonds. The molecule has 2 aromatic rings. The Morgan fingerprint density at radius 2 is 2.31 bits per heavy atom. The average Bonchev–Trinajstić information content (AvgIpc) is 2.69. The van der Waals surface area contributed by atoms with Crippen LogP contribution in [-0.4, -0.2) is 26.1 Å². The normalized spacial score (nSPS) is 10.3. The second kappa shape index (κ2) is 4.93. The highest BCUT2D eigenvalue weighted by atomic mass is 79.9. The summed E-state index contributed by atoms with van der Waals surface area (Å²) in [5, 5.41) is 3.08. The number of hydrogen-bond donors (Lipinski definition) is 2. The minimum absolute atomic E-state index is 0.437.